The molecule has 0 unspecified atom stereocenters. The van der Waals surface area contributed by atoms with Crippen molar-refractivity contribution in [2.75, 3.05) is 18.7 Å². The van der Waals surface area contributed by atoms with Gasteiger partial charge in [-0.3, -0.25) is 9.59 Å². The fourth-order valence-electron chi connectivity index (χ4n) is 4.00. The van der Waals surface area contributed by atoms with Gasteiger partial charge in [-0.15, -0.1) is 0 Å². The lowest BCUT2D eigenvalue weighted by Gasteiger charge is -2.26. The number of nitrogens with zero attached hydrogens (tertiary/aromatic N) is 1. The van der Waals surface area contributed by atoms with Crippen LogP contribution >= 0.6 is 0 Å². The molecule has 0 radical (unpaired) electrons. The minimum Gasteiger partial charge on any atom is -0.465 e. The summed E-state index contributed by atoms with van der Waals surface area (Å²) in [5.74, 6) is -0.852. The molecule has 10 heteroatoms. The lowest BCUT2D eigenvalue weighted by Crippen LogP contribution is -2.45. The number of nitrogens with one attached hydrogen (secondary N) is 2. The average molecular weight is 488 g/mol. The number of pyridine rings is 1. The Morgan fingerprint density at radius 3 is 2.24 bits per heavy atom. The molecule has 2 aromatic rings. The Morgan fingerprint density at radius 1 is 1.03 bits per heavy atom. The molecule has 0 saturated heterocycles. The maximum atomic E-state index is 13.1. The van der Waals surface area contributed by atoms with Crippen molar-refractivity contribution in [3.8, 4) is 0 Å². The van der Waals surface area contributed by atoms with Crippen molar-refractivity contribution in [1.29, 1.82) is 0 Å². The second-order valence-corrected chi connectivity index (χ2v) is 10.5. The van der Waals surface area contributed by atoms with Gasteiger partial charge in [0.25, 0.3) is 5.91 Å². The van der Waals surface area contributed by atoms with E-state index in [1.165, 1.54) is 56.1 Å². The molecule has 3 rings (SSSR count). The number of carbonyl (C=O) groups excluding carboxylic acids is 3. The number of aromatic nitrogens is 1. The Hall–Kier alpha value is -3.27. The molecule has 0 aliphatic heterocycles. The van der Waals surface area contributed by atoms with Crippen LogP contribution in [0.4, 0.5) is 5.82 Å². The van der Waals surface area contributed by atoms with Crippen LogP contribution in [-0.4, -0.2) is 50.6 Å². The molecule has 1 fully saturated rings. The van der Waals surface area contributed by atoms with E-state index in [4.69, 9.17) is 0 Å². The number of anilines is 1. The summed E-state index contributed by atoms with van der Waals surface area (Å²) in [5.41, 5.74) is 0.513. The Bertz CT molecular complexity index is 1120. The number of carbonyl (C=O) groups is 3. The number of hydrogen-bond donors (Lipinski definition) is 2. The quantitative estimate of drug-likeness (QED) is 0.547. The molecule has 1 aliphatic carbocycles. The Balaban J connectivity index is 1.73. The highest BCUT2D eigenvalue weighted by molar-refractivity contribution is 7.90. The predicted octanol–water partition coefficient (Wildman–Crippen LogP) is 2.98. The van der Waals surface area contributed by atoms with Crippen LogP contribution in [0, 0.1) is 5.92 Å². The summed E-state index contributed by atoms with van der Waals surface area (Å²) in [4.78, 5) is 41.7. The Morgan fingerprint density at radius 2 is 1.68 bits per heavy atom. The summed E-state index contributed by atoms with van der Waals surface area (Å²) in [5, 5.41) is 5.50. The highest BCUT2D eigenvalue weighted by atomic mass is 32.2. The van der Waals surface area contributed by atoms with E-state index in [9.17, 15) is 22.8 Å². The van der Waals surface area contributed by atoms with Crippen LogP contribution in [0.15, 0.2) is 47.5 Å². The average Bonchev–Trinajstić information content (AvgIpc) is 2.83. The molecular formula is C24H29N3O6S. The van der Waals surface area contributed by atoms with Gasteiger partial charge in [0.2, 0.25) is 5.91 Å². The van der Waals surface area contributed by atoms with Crippen LogP contribution < -0.4 is 10.6 Å². The molecular weight excluding hydrogens is 458 g/mol. The number of benzene rings is 1. The molecule has 34 heavy (non-hydrogen) atoms. The van der Waals surface area contributed by atoms with Crippen LogP contribution in [0.5, 0.6) is 0 Å². The second kappa shape index (κ2) is 11.2. The number of ether oxygens (including phenoxy) is 1. The van der Waals surface area contributed by atoms with Crippen molar-refractivity contribution in [3.05, 3.63) is 53.7 Å². The third-order valence-electron chi connectivity index (χ3n) is 5.90. The lowest BCUT2D eigenvalue weighted by molar-refractivity contribution is -0.118. The molecule has 1 aliphatic rings. The highest BCUT2D eigenvalue weighted by Gasteiger charge is 2.27. The minimum absolute atomic E-state index is 0.113. The van der Waals surface area contributed by atoms with Gasteiger partial charge in [-0.25, -0.2) is 18.2 Å². The maximum Gasteiger partial charge on any atom is 0.339 e. The second-order valence-electron chi connectivity index (χ2n) is 8.48. The minimum atomic E-state index is -3.38. The van der Waals surface area contributed by atoms with E-state index in [0.717, 1.165) is 31.9 Å². The van der Waals surface area contributed by atoms with E-state index >= 15 is 0 Å². The van der Waals surface area contributed by atoms with Gasteiger partial charge in [-0.05, 0) is 48.7 Å². The summed E-state index contributed by atoms with van der Waals surface area (Å²) in [6.45, 7) is 0. The number of hydrogen-bond acceptors (Lipinski definition) is 7. The first-order valence-electron chi connectivity index (χ1n) is 11.1. The van der Waals surface area contributed by atoms with Crippen LogP contribution in [0.25, 0.3) is 0 Å². The fourth-order valence-corrected chi connectivity index (χ4v) is 4.63. The van der Waals surface area contributed by atoms with Gasteiger partial charge in [0.05, 0.1) is 17.6 Å². The first-order chi connectivity index (χ1) is 16.2. The molecule has 0 spiro atoms. The van der Waals surface area contributed by atoms with Crippen molar-refractivity contribution in [2.45, 2.75) is 49.5 Å². The number of amides is 2. The number of rotatable bonds is 8. The van der Waals surface area contributed by atoms with Crippen LogP contribution in [-0.2, 0) is 19.4 Å². The van der Waals surface area contributed by atoms with Gasteiger partial charge in [0, 0.05) is 18.0 Å². The number of sulfone groups is 1. The topological polar surface area (TPSA) is 132 Å². The standard InChI is InChI=1S/C24H29N3O6S/c1-33-24(30)18-10-13-21(25-15-18)27-23(29)20(14-16-6-4-3-5-7-16)26-22(28)17-8-11-19(12-9-17)34(2,31)32/h8-13,15-16,20H,3-7,14H2,1-2H3,(H,26,28)(H,25,27,29)/t20-/m0/s1. The summed E-state index contributed by atoms with van der Waals surface area (Å²) < 4.78 is 28.0. The lowest BCUT2D eigenvalue weighted by atomic mass is 9.84. The zero-order valence-corrected chi connectivity index (χ0v) is 20.1. The van der Waals surface area contributed by atoms with Crippen molar-refractivity contribution in [3.63, 3.8) is 0 Å². The number of methoxy groups -OCH3 is 1. The van der Waals surface area contributed by atoms with E-state index < -0.39 is 33.7 Å². The normalized spacial score (nSPS) is 15.2. The highest BCUT2D eigenvalue weighted by Crippen LogP contribution is 2.28. The first-order valence-corrected chi connectivity index (χ1v) is 13.0. The monoisotopic (exact) mass is 487 g/mol. The van der Waals surface area contributed by atoms with Crippen LogP contribution in [0.3, 0.4) is 0 Å². The predicted molar refractivity (Wildman–Crippen MR) is 126 cm³/mol. The SMILES string of the molecule is COC(=O)c1ccc(NC(=O)[C@H](CC2CCCCC2)NC(=O)c2ccc(S(C)(=O)=O)cc2)nc1. The van der Waals surface area contributed by atoms with Crippen LogP contribution in [0.2, 0.25) is 0 Å². The molecule has 2 N–H and O–H groups in total. The van der Waals surface area contributed by atoms with E-state index in [1.54, 1.807) is 0 Å². The van der Waals surface area contributed by atoms with Crippen molar-refractivity contribution in [2.24, 2.45) is 5.92 Å². The van der Waals surface area contributed by atoms with E-state index in [0.29, 0.717) is 12.3 Å². The third-order valence-corrected chi connectivity index (χ3v) is 7.02. The largest absolute Gasteiger partial charge is 0.465 e. The molecule has 2 amide bonds. The fraction of sp³-hybridized carbons (Fsp3) is 0.417. The van der Waals surface area contributed by atoms with Crippen molar-refractivity contribution in [1.82, 2.24) is 10.3 Å². The van der Waals surface area contributed by atoms with E-state index in [-0.39, 0.29) is 21.8 Å². The zero-order chi connectivity index (χ0) is 24.7. The molecule has 1 heterocycles. The summed E-state index contributed by atoms with van der Waals surface area (Å²) in [6.07, 6.45) is 8.23. The van der Waals surface area contributed by atoms with Gasteiger partial charge in [-0.2, -0.15) is 0 Å². The summed E-state index contributed by atoms with van der Waals surface area (Å²) in [7, 11) is -2.11. The van der Waals surface area contributed by atoms with E-state index in [1.807, 2.05) is 0 Å². The molecule has 1 aromatic carbocycles. The molecule has 1 aromatic heterocycles. The van der Waals surface area contributed by atoms with Gasteiger partial charge >= 0.3 is 5.97 Å². The zero-order valence-electron chi connectivity index (χ0n) is 19.2. The molecule has 1 atom stereocenters. The summed E-state index contributed by atoms with van der Waals surface area (Å²) in [6, 6.07) is 7.77. The van der Waals surface area contributed by atoms with E-state index in [2.05, 4.69) is 20.4 Å². The Labute approximate surface area is 199 Å². The van der Waals surface area contributed by atoms with Crippen molar-refractivity contribution >= 4 is 33.4 Å². The Kier molecular flexibility index (Phi) is 8.38. The molecule has 1 saturated carbocycles. The number of esters is 1. The third kappa shape index (κ3) is 6.86. The van der Waals surface area contributed by atoms with Gasteiger partial charge < -0.3 is 15.4 Å². The van der Waals surface area contributed by atoms with Crippen molar-refractivity contribution < 1.29 is 27.5 Å². The molecule has 182 valence electrons. The summed E-state index contributed by atoms with van der Waals surface area (Å²) >= 11 is 0. The van der Waals surface area contributed by atoms with Crippen LogP contribution in [0.1, 0.15) is 59.2 Å². The first kappa shape index (κ1) is 25.4. The van der Waals surface area contributed by atoms with Gasteiger partial charge in [-0.1, -0.05) is 32.1 Å². The maximum absolute atomic E-state index is 13.1. The van der Waals surface area contributed by atoms with Gasteiger partial charge in [0.1, 0.15) is 11.9 Å². The molecule has 9 nitrogen and oxygen atoms in total. The molecule has 0 bridgehead atoms. The smallest absolute Gasteiger partial charge is 0.339 e. The van der Waals surface area contributed by atoms with Gasteiger partial charge in [0.15, 0.2) is 9.84 Å².